The highest BCUT2D eigenvalue weighted by Crippen LogP contribution is 2.25. The Morgan fingerprint density at radius 3 is 2.21 bits per heavy atom. The first-order valence-corrected chi connectivity index (χ1v) is 10.0. The number of terminal acetylenes is 1. The summed E-state index contributed by atoms with van der Waals surface area (Å²) in [5.41, 5.74) is 2.25. The topological polar surface area (TPSA) is 52.7 Å². The number of nitrogens with zero attached hydrogens (tertiary/aromatic N) is 2. The van der Waals surface area contributed by atoms with Gasteiger partial charge >= 0.3 is 0 Å². The van der Waals surface area contributed by atoms with Gasteiger partial charge in [-0.2, -0.15) is 0 Å². The Kier molecular flexibility index (Phi) is 7.03. The van der Waals surface area contributed by atoms with Crippen molar-refractivity contribution in [2.24, 2.45) is 0 Å². The van der Waals surface area contributed by atoms with E-state index in [1.165, 1.54) is 0 Å². The van der Waals surface area contributed by atoms with Crippen molar-refractivity contribution >= 4 is 40.7 Å². The quantitative estimate of drug-likeness (QED) is 0.742. The first kappa shape index (κ1) is 21.0. The van der Waals surface area contributed by atoms with Crippen LogP contribution in [-0.2, 0) is 11.2 Å². The van der Waals surface area contributed by atoms with Crippen LogP contribution >= 0.6 is 23.2 Å². The van der Waals surface area contributed by atoms with Gasteiger partial charge in [-0.3, -0.25) is 9.59 Å². The van der Waals surface area contributed by atoms with Crippen molar-refractivity contribution in [3.63, 3.8) is 0 Å². The Bertz CT molecular complexity index is 910. The lowest BCUT2D eigenvalue weighted by Gasteiger charge is -2.36. The molecule has 2 aromatic rings. The predicted molar refractivity (Wildman–Crippen MR) is 117 cm³/mol. The van der Waals surface area contributed by atoms with E-state index >= 15 is 0 Å². The molecule has 2 aromatic carbocycles. The van der Waals surface area contributed by atoms with Gasteiger partial charge in [0, 0.05) is 47.5 Å². The lowest BCUT2D eigenvalue weighted by Crippen LogP contribution is -2.49. The number of hydrogen-bond acceptors (Lipinski definition) is 3. The molecule has 3 rings (SSSR count). The maximum Gasteiger partial charge on any atom is 0.252 e. The van der Waals surface area contributed by atoms with E-state index in [9.17, 15) is 9.59 Å². The van der Waals surface area contributed by atoms with E-state index in [2.05, 4.69) is 16.1 Å². The van der Waals surface area contributed by atoms with Crippen LogP contribution in [0.1, 0.15) is 15.9 Å². The Morgan fingerprint density at radius 2 is 1.62 bits per heavy atom. The zero-order valence-electron chi connectivity index (χ0n) is 15.8. The van der Waals surface area contributed by atoms with Crippen molar-refractivity contribution in [3.05, 3.63) is 63.6 Å². The summed E-state index contributed by atoms with van der Waals surface area (Å²) in [6.07, 6.45) is 5.35. The number of rotatable bonds is 5. The number of anilines is 1. The molecule has 1 N–H and O–H groups in total. The molecule has 0 spiro atoms. The maximum atomic E-state index is 12.7. The molecule has 0 aromatic heterocycles. The van der Waals surface area contributed by atoms with Gasteiger partial charge in [0.2, 0.25) is 5.91 Å². The number of benzene rings is 2. The summed E-state index contributed by atoms with van der Waals surface area (Å²) in [4.78, 5) is 28.6. The van der Waals surface area contributed by atoms with E-state index in [-0.39, 0.29) is 24.8 Å². The standard InChI is InChI=1S/C22H21Cl2N3O2/c1-2-10-25-22(29)16-6-8-17(9-7-16)26-11-13-27(14-12-26)21(28)15-18-19(23)4-3-5-20(18)24/h1,3-9H,10-15H2,(H,25,29). The third-order valence-electron chi connectivity index (χ3n) is 4.87. The second-order valence-electron chi connectivity index (χ2n) is 6.68. The average Bonchev–Trinajstić information content (AvgIpc) is 2.75. The van der Waals surface area contributed by atoms with Crippen LogP contribution in [0.3, 0.4) is 0 Å². The third kappa shape index (κ3) is 5.23. The van der Waals surface area contributed by atoms with Crippen LogP contribution in [0.5, 0.6) is 0 Å². The van der Waals surface area contributed by atoms with Gasteiger partial charge in [0.1, 0.15) is 0 Å². The Balaban J connectivity index is 1.55. The van der Waals surface area contributed by atoms with Crippen molar-refractivity contribution in [1.29, 1.82) is 0 Å². The van der Waals surface area contributed by atoms with Crippen LogP contribution in [0.2, 0.25) is 10.0 Å². The van der Waals surface area contributed by atoms with Crippen LogP contribution < -0.4 is 10.2 Å². The number of nitrogens with one attached hydrogen (secondary N) is 1. The lowest BCUT2D eigenvalue weighted by atomic mass is 10.1. The van der Waals surface area contributed by atoms with Gasteiger partial charge in [-0.25, -0.2) is 0 Å². The van der Waals surface area contributed by atoms with Gasteiger partial charge in [0.05, 0.1) is 13.0 Å². The first-order valence-electron chi connectivity index (χ1n) is 9.27. The molecule has 0 radical (unpaired) electrons. The molecule has 1 heterocycles. The first-order chi connectivity index (χ1) is 14.0. The molecule has 1 fully saturated rings. The molecule has 1 saturated heterocycles. The molecule has 29 heavy (non-hydrogen) atoms. The van der Waals surface area contributed by atoms with Gasteiger partial charge in [-0.15, -0.1) is 6.42 Å². The van der Waals surface area contributed by atoms with Crippen molar-refractivity contribution in [1.82, 2.24) is 10.2 Å². The van der Waals surface area contributed by atoms with E-state index in [4.69, 9.17) is 29.6 Å². The van der Waals surface area contributed by atoms with Crippen LogP contribution in [0.25, 0.3) is 0 Å². The van der Waals surface area contributed by atoms with Gasteiger partial charge in [-0.1, -0.05) is 35.2 Å². The summed E-state index contributed by atoms with van der Waals surface area (Å²) in [7, 11) is 0. The number of halogens is 2. The Morgan fingerprint density at radius 1 is 1.00 bits per heavy atom. The number of hydrogen-bond donors (Lipinski definition) is 1. The average molecular weight is 430 g/mol. The van der Waals surface area contributed by atoms with Crippen LogP contribution in [0.15, 0.2) is 42.5 Å². The van der Waals surface area contributed by atoms with E-state index in [1.807, 2.05) is 17.0 Å². The van der Waals surface area contributed by atoms with Gasteiger partial charge in [0.15, 0.2) is 0 Å². The molecule has 1 aliphatic rings. The fourth-order valence-corrected chi connectivity index (χ4v) is 3.77. The molecule has 2 amide bonds. The Labute approximate surface area is 180 Å². The highest BCUT2D eigenvalue weighted by molar-refractivity contribution is 6.36. The van der Waals surface area contributed by atoms with Gasteiger partial charge in [0.25, 0.3) is 5.91 Å². The summed E-state index contributed by atoms with van der Waals surface area (Å²) in [5, 5.41) is 3.66. The summed E-state index contributed by atoms with van der Waals surface area (Å²) in [5.74, 6) is 2.20. The van der Waals surface area contributed by atoms with E-state index in [1.54, 1.807) is 30.3 Å². The van der Waals surface area contributed by atoms with Crippen molar-refractivity contribution in [2.75, 3.05) is 37.6 Å². The highest BCUT2D eigenvalue weighted by Gasteiger charge is 2.23. The largest absolute Gasteiger partial charge is 0.368 e. The van der Waals surface area contributed by atoms with Gasteiger partial charge in [-0.05, 0) is 42.0 Å². The molecule has 0 atom stereocenters. The molecular formula is C22H21Cl2N3O2. The SMILES string of the molecule is C#CCNC(=O)c1ccc(N2CCN(C(=O)Cc3c(Cl)cccc3Cl)CC2)cc1. The third-order valence-corrected chi connectivity index (χ3v) is 5.58. The molecule has 5 nitrogen and oxygen atoms in total. The Hall–Kier alpha value is -2.68. The minimum atomic E-state index is -0.192. The smallest absolute Gasteiger partial charge is 0.252 e. The normalized spacial score (nSPS) is 13.7. The highest BCUT2D eigenvalue weighted by atomic mass is 35.5. The van der Waals surface area contributed by atoms with Gasteiger partial charge < -0.3 is 15.1 Å². The molecule has 0 saturated carbocycles. The minimum absolute atomic E-state index is 0.0141. The number of amides is 2. The van der Waals surface area contributed by atoms with Crippen LogP contribution in [-0.4, -0.2) is 49.4 Å². The molecule has 0 bridgehead atoms. The fraction of sp³-hybridized carbons (Fsp3) is 0.273. The fourth-order valence-electron chi connectivity index (χ4n) is 3.24. The zero-order valence-corrected chi connectivity index (χ0v) is 17.3. The van der Waals surface area contributed by atoms with Crippen molar-refractivity contribution < 1.29 is 9.59 Å². The van der Waals surface area contributed by atoms with Crippen LogP contribution in [0, 0.1) is 12.3 Å². The predicted octanol–water partition coefficient (Wildman–Crippen LogP) is 3.25. The number of carbonyl (C=O) groups is 2. The molecular weight excluding hydrogens is 409 g/mol. The second-order valence-corrected chi connectivity index (χ2v) is 7.49. The summed E-state index contributed by atoms with van der Waals surface area (Å²) < 4.78 is 0. The zero-order chi connectivity index (χ0) is 20.8. The summed E-state index contributed by atoms with van der Waals surface area (Å²) >= 11 is 12.4. The van der Waals surface area contributed by atoms with E-state index in [0.29, 0.717) is 47.4 Å². The van der Waals surface area contributed by atoms with Crippen molar-refractivity contribution in [2.45, 2.75) is 6.42 Å². The molecule has 1 aliphatic heterocycles. The van der Waals surface area contributed by atoms with Crippen molar-refractivity contribution in [3.8, 4) is 12.3 Å². The number of piperazine rings is 1. The summed E-state index contributed by atoms with van der Waals surface area (Å²) in [6.45, 7) is 2.86. The molecule has 150 valence electrons. The maximum absolute atomic E-state index is 12.7. The molecule has 0 aliphatic carbocycles. The second kappa shape index (κ2) is 9.69. The monoisotopic (exact) mass is 429 g/mol. The minimum Gasteiger partial charge on any atom is -0.368 e. The van der Waals surface area contributed by atoms with E-state index in [0.717, 1.165) is 5.69 Å². The molecule has 0 unspecified atom stereocenters. The molecule has 7 heteroatoms. The van der Waals surface area contributed by atoms with E-state index < -0.39 is 0 Å². The number of carbonyl (C=O) groups excluding carboxylic acids is 2. The van der Waals surface area contributed by atoms with Crippen LogP contribution in [0.4, 0.5) is 5.69 Å². The summed E-state index contributed by atoms with van der Waals surface area (Å²) in [6, 6.07) is 12.6. The lowest BCUT2D eigenvalue weighted by molar-refractivity contribution is -0.130.